The van der Waals surface area contributed by atoms with Crippen LogP contribution in [-0.4, -0.2) is 67.1 Å². The Hall–Kier alpha value is -1.15. The molecule has 2 aliphatic rings. The van der Waals surface area contributed by atoms with Gasteiger partial charge in [-0.1, -0.05) is 24.6 Å². The second kappa shape index (κ2) is 7.61. The van der Waals surface area contributed by atoms with Gasteiger partial charge in [0, 0.05) is 49.9 Å². The van der Waals surface area contributed by atoms with Gasteiger partial charge in [0.1, 0.15) is 0 Å². The van der Waals surface area contributed by atoms with E-state index in [1.54, 1.807) is 33.5 Å². The van der Waals surface area contributed by atoms with Gasteiger partial charge in [0.05, 0.1) is 0 Å². The summed E-state index contributed by atoms with van der Waals surface area (Å²) in [4.78, 5) is 14.2. The first-order chi connectivity index (χ1) is 11.9. The Kier molecular flexibility index (Phi) is 5.68. The van der Waals surface area contributed by atoms with Crippen molar-refractivity contribution in [3.8, 4) is 0 Å². The van der Waals surface area contributed by atoms with E-state index in [9.17, 15) is 13.2 Å². The molecule has 6 nitrogen and oxygen atoms in total. The molecule has 2 saturated heterocycles. The number of nitrogens with zero attached hydrogens (tertiary/aromatic N) is 3. The fraction of sp³-hybridized carbons (Fsp3) is 0.588. The normalized spacial score (nSPS) is 21.4. The van der Waals surface area contributed by atoms with Gasteiger partial charge in [-0.25, -0.2) is 0 Å². The van der Waals surface area contributed by atoms with Crippen molar-refractivity contribution < 1.29 is 13.2 Å². The maximum absolute atomic E-state index is 12.8. The van der Waals surface area contributed by atoms with Crippen LogP contribution in [0.5, 0.6) is 0 Å². The summed E-state index contributed by atoms with van der Waals surface area (Å²) in [6.07, 6.45) is 1.82. The smallest absolute Gasteiger partial charge is 0.282 e. The molecule has 2 fully saturated rings. The van der Waals surface area contributed by atoms with Crippen LogP contribution in [0.4, 0.5) is 0 Å². The molecule has 0 atom stereocenters. The summed E-state index contributed by atoms with van der Waals surface area (Å²) in [5.74, 6) is 0.477. The molecule has 0 radical (unpaired) electrons. The van der Waals surface area contributed by atoms with Gasteiger partial charge >= 0.3 is 0 Å². The minimum Gasteiger partial charge on any atom is -0.336 e. The van der Waals surface area contributed by atoms with Crippen LogP contribution in [0.3, 0.4) is 0 Å². The Balaban J connectivity index is 1.60. The SMILES string of the molecule is CC1CCN(S(=O)(=O)N2CCN(C(=O)c3cccc(Cl)c3)CC2)CC1. The minimum absolute atomic E-state index is 0.105. The van der Waals surface area contributed by atoms with E-state index in [4.69, 9.17) is 11.6 Å². The number of hydrogen-bond acceptors (Lipinski definition) is 3. The van der Waals surface area contributed by atoms with E-state index in [2.05, 4.69) is 6.92 Å². The number of halogens is 1. The monoisotopic (exact) mass is 385 g/mol. The number of rotatable bonds is 3. The predicted molar refractivity (Wildman–Crippen MR) is 97.8 cm³/mol. The maximum atomic E-state index is 12.8. The van der Waals surface area contributed by atoms with E-state index in [0.29, 0.717) is 55.8 Å². The van der Waals surface area contributed by atoms with Crippen LogP contribution in [0.25, 0.3) is 0 Å². The lowest BCUT2D eigenvalue weighted by molar-refractivity contribution is 0.0693. The van der Waals surface area contributed by atoms with Crippen molar-refractivity contribution in [2.75, 3.05) is 39.3 Å². The molecule has 3 rings (SSSR count). The van der Waals surface area contributed by atoms with E-state index >= 15 is 0 Å². The average Bonchev–Trinajstić information content (AvgIpc) is 2.61. The zero-order valence-electron chi connectivity index (χ0n) is 14.4. The Morgan fingerprint density at radius 1 is 1.04 bits per heavy atom. The molecule has 0 bridgehead atoms. The third-order valence-electron chi connectivity index (χ3n) is 4.99. The van der Waals surface area contributed by atoms with Crippen molar-refractivity contribution in [2.24, 2.45) is 5.92 Å². The molecule has 2 heterocycles. The van der Waals surface area contributed by atoms with Crippen LogP contribution in [0.1, 0.15) is 30.1 Å². The van der Waals surface area contributed by atoms with Crippen LogP contribution in [0.2, 0.25) is 5.02 Å². The number of piperazine rings is 1. The lowest BCUT2D eigenvalue weighted by Gasteiger charge is -2.38. The molecule has 0 unspecified atom stereocenters. The van der Waals surface area contributed by atoms with E-state index in [-0.39, 0.29) is 5.91 Å². The molecule has 0 spiro atoms. The van der Waals surface area contributed by atoms with E-state index in [1.165, 1.54) is 4.31 Å². The molecular weight excluding hydrogens is 362 g/mol. The standard InChI is InChI=1S/C17H24ClN3O3S/c1-14-5-7-20(8-6-14)25(23,24)21-11-9-19(10-12-21)17(22)15-3-2-4-16(18)13-15/h2-4,13-14H,5-12H2,1H3. The van der Waals surface area contributed by atoms with Crippen LogP contribution in [0.15, 0.2) is 24.3 Å². The Labute approximate surface area is 154 Å². The maximum Gasteiger partial charge on any atom is 0.282 e. The van der Waals surface area contributed by atoms with Crippen LogP contribution >= 0.6 is 11.6 Å². The minimum atomic E-state index is -3.42. The molecule has 8 heteroatoms. The molecule has 0 aliphatic carbocycles. The summed E-state index contributed by atoms with van der Waals surface area (Å²) in [5.41, 5.74) is 0.536. The van der Waals surface area contributed by atoms with Crippen molar-refractivity contribution in [3.05, 3.63) is 34.9 Å². The topological polar surface area (TPSA) is 60.9 Å². The van der Waals surface area contributed by atoms with Gasteiger partial charge in [-0.3, -0.25) is 4.79 Å². The van der Waals surface area contributed by atoms with Gasteiger partial charge in [-0.2, -0.15) is 17.0 Å². The summed E-state index contributed by atoms with van der Waals surface area (Å²) in [5, 5.41) is 0.520. The van der Waals surface area contributed by atoms with Crippen molar-refractivity contribution >= 4 is 27.7 Å². The summed E-state index contributed by atoms with van der Waals surface area (Å²) < 4.78 is 28.6. The number of carbonyl (C=O) groups excluding carboxylic acids is 1. The van der Waals surface area contributed by atoms with Gasteiger partial charge in [0.25, 0.3) is 16.1 Å². The van der Waals surface area contributed by atoms with Gasteiger partial charge < -0.3 is 4.90 Å². The Morgan fingerprint density at radius 2 is 1.64 bits per heavy atom. The predicted octanol–water partition coefficient (Wildman–Crippen LogP) is 2.07. The van der Waals surface area contributed by atoms with Crippen molar-refractivity contribution in [1.29, 1.82) is 0 Å². The second-order valence-electron chi connectivity index (χ2n) is 6.79. The lowest BCUT2D eigenvalue weighted by atomic mass is 10.0. The molecule has 1 amide bonds. The van der Waals surface area contributed by atoms with Crippen molar-refractivity contribution in [3.63, 3.8) is 0 Å². The van der Waals surface area contributed by atoms with Gasteiger partial charge in [-0.05, 0) is 37.0 Å². The number of amides is 1. The highest BCUT2D eigenvalue weighted by Gasteiger charge is 2.35. The molecule has 25 heavy (non-hydrogen) atoms. The highest BCUT2D eigenvalue weighted by Crippen LogP contribution is 2.22. The van der Waals surface area contributed by atoms with Gasteiger partial charge in [0.2, 0.25) is 0 Å². The average molecular weight is 386 g/mol. The van der Waals surface area contributed by atoms with Crippen LogP contribution in [0, 0.1) is 5.92 Å². The van der Waals surface area contributed by atoms with Crippen LogP contribution < -0.4 is 0 Å². The summed E-state index contributed by atoms with van der Waals surface area (Å²) in [6.45, 7) is 4.80. The fourth-order valence-electron chi connectivity index (χ4n) is 3.30. The number of carbonyl (C=O) groups is 1. The Bertz CT molecular complexity index is 724. The Morgan fingerprint density at radius 3 is 2.24 bits per heavy atom. The molecular formula is C17H24ClN3O3S. The lowest BCUT2D eigenvalue weighted by Crippen LogP contribution is -2.55. The van der Waals surface area contributed by atoms with Crippen LogP contribution in [-0.2, 0) is 10.2 Å². The largest absolute Gasteiger partial charge is 0.336 e. The zero-order chi connectivity index (χ0) is 18.0. The van der Waals surface area contributed by atoms with E-state index < -0.39 is 10.2 Å². The van der Waals surface area contributed by atoms with E-state index in [1.807, 2.05) is 0 Å². The van der Waals surface area contributed by atoms with E-state index in [0.717, 1.165) is 12.8 Å². The number of hydrogen-bond donors (Lipinski definition) is 0. The summed E-state index contributed by atoms with van der Waals surface area (Å²) >= 11 is 5.94. The first-order valence-corrected chi connectivity index (χ1v) is 10.5. The third-order valence-corrected chi connectivity index (χ3v) is 7.26. The molecule has 1 aromatic rings. The zero-order valence-corrected chi connectivity index (χ0v) is 16.0. The quantitative estimate of drug-likeness (QED) is 0.800. The van der Waals surface area contributed by atoms with Crippen molar-refractivity contribution in [2.45, 2.75) is 19.8 Å². The second-order valence-corrected chi connectivity index (χ2v) is 9.16. The van der Waals surface area contributed by atoms with Crippen molar-refractivity contribution in [1.82, 2.24) is 13.5 Å². The fourth-order valence-corrected chi connectivity index (χ4v) is 5.12. The molecule has 138 valence electrons. The molecule has 0 N–H and O–H groups in total. The molecule has 1 aromatic carbocycles. The molecule has 0 aromatic heterocycles. The summed E-state index contributed by atoms with van der Waals surface area (Å²) in [6, 6.07) is 6.84. The first kappa shape index (κ1) is 18.6. The molecule has 2 aliphatic heterocycles. The number of benzene rings is 1. The van der Waals surface area contributed by atoms with Gasteiger partial charge in [0.15, 0.2) is 0 Å². The highest BCUT2D eigenvalue weighted by molar-refractivity contribution is 7.86. The highest BCUT2D eigenvalue weighted by atomic mass is 35.5. The summed E-state index contributed by atoms with van der Waals surface area (Å²) in [7, 11) is -3.42. The van der Waals surface area contributed by atoms with Gasteiger partial charge in [-0.15, -0.1) is 0 Å². The molecule has 0 saturated carbocycles. The third kappa shape index (κ3) is 4.16. The first-order valence-electron chi connectivity index (χ1n) is 8.68. The number of piperidine rings is 1.